The van der Waals surface area contributed by atoms with E-state index in [2.05, 4.69) is 5.32 Å². The molecule has 0 spiro atoms. The van der Waals surface area contributed by atoms with Gasteiger partial charge in [0.25, 0.3) is 0 Å². The molecule has 1 saturated heterocycles. The minimum Gasteiger partial charge on any atom is -0.481 e. The lowest BCUT2D eigenvalue weighted by molar-refractivity contribution is -0.136. The predicted molar refractivity (Wildman–Crippen MR) is 90.1 cm³/mol. The smallest absolute Gasteiger partial charge is 0.307 e. The summed E-state index contributed by atoms with van der Waals surface area (Å²) >= 11 is 0. The van der Waals surface area contributed by atoms with Gasteiger partial charge in [0.05, 0.1) is 12.2 Å². The number of benzene rings is 1. The lowest BCUT2D eigenvalue weighted by Crippen LogP contribution is -2.48. The summed E-state index contributed by atoms with van der Waals surface area (Å²) in [6.07, 6.45) is 0.0120. The van der Waals surface area contributed by atoms with Gasteiger partial charge in [-0.25, -0.2) is 12.8 Å². The molecule has 138 valence electrons. The van der Waals surface area contributed by atoms with Crippen molar-refractivity contribution in [3.8, 4) is 0 Å². The van der Waals surface area contributed by atoms with Crippen LogP contribution in [0, 0.1) is 11.7 Å². The lowest BCUT2D eigenvalue weighted by Gasteiger charge is -2.28. The van der Waals surface area contributed by atoms with Gasteiger partial charge in [-0.1, -0.05) is 19.9 Å². The van der Waals surface area contributed by atoms with Gasteiger partial charge in [0.2, 0.25) is 15.9 Å². The molecule has 1 amide bonds. The maximum absolute atomic E-state index is 13.9. The van der Waals surface area contributed by atoms with Gasteiger partial charge in [-0.15, -0.1) is 0 Å². The Labute approximate surface area is 145 Å². The van der Waals surface area contributed by atoms with E-state index in [9.17, 15) is 22.4 Å². The number of carboxylic acid groups (broad SMARTS) is 1. The van der Waals surface area contributed by atoms with E-state index >= 15 is 0 Å². The van der Waals surface area contributed by atoms with Crippen LogP contribution in [0.3, 0.4) is 0 Å². The Hall–Kier alpha value is -2.00. The van der Waals surface area contributed by atoms with Gasteiger partial charge in [-0.3, -0.25) is 9.59 Å². The van der Waals surface area contributed by atoms with Crippen LogP contribution in [-0.2, 0) is 26.0 Å². The fourth-order valence-electron chi connectivity index (χ4n) is 2.88. The van der Waals surface area contributed by atoms with Crippen LogP contribution in [0.5, 0.6) is 0 Å². The molecule has 1 aromatic carbocycles. The van der Waals surface area contributed by atoms with Crippen LogP contribution in [-0.4, -0.2) is 48.0 Å². The Kier molecular flexibility index (Phi) is 5.79. The zero-order chi connectivity index (χ0) is 18.8. The summed E-state index contributed by atoms with van der Waals surface area (Å²) in [5.41, 5.74) is 0.159. The largest absolute Gasteiger partial charge is 0.481 e. The number of carbonyl (C=O) groups excluding carboxylic acids is 1. The molecule has 0 radical (unpaired) electrons. The third kappa shape index (κ3) is 4.55. The molecule has 9 heteroatoms. The second-order valence-corrected chi connectivity index (χ2v) is 8.38. The van der Waals surface area contributed by atoms with Crippen LogP contribution in [0.2, 0.25) is 0 Å². The first-order chi connectivity index (χ1) is 11.6. The van der Waals surface area contributed by atoms with E-state index < -0.39 is 40.2 Å². The molecule has 1 aliphatic rings. The monoisotopic (exact) mass is 372 g/mol. The summed E-state index contributed by atoms with van der Waals surface area (Å²) in [7, 11) is -3.46. The van der Waals surface area contributed by atoms with Crippen molar-refractivity contribution in [2.75, 3.05) is 17.6 Å². The normalized spacial score (nSPS) is 18.2. The molecular formula is C16H21FN2O5S. The van der Waals surface area contributed by atoms with Gasteiger partial charge in [0, 0.05) is 12.2 Å². The summed E-state index contributed by atoms with van der Waals surface area (Å²) in [5, 5.41) is 11.2. The van der Waals surface area contributed by atoms with Gasteiger partial charge >= 0.3 is 5.97 Å². The van der Waals surface area contributed by atoms with Crippen LogP contribution in [0.15, 0.2) is 18.2 Å². The molecule has 0 saturated carbocycles. The van der Waals surface area contributed by atoms with Gasteiger partial charge in [-0.05, 0) is 30.0 Å². The van der Waals surface area contributed by atoms with Crippen molar-refractivity contribution in [2.45, 2.75) is 32.7 Å². The number of carboxylic acids is 1. The Morgan fingerprint density at radius 2 is 2.04 bits per heavy atom. The van der Waals surface area contributed by atoms with Crippen molar-refractivity contribution < 1.29 is 27.5 Å². The maximum Gasteiger partial charge on any atom is 0.307 e. The van der Waals surface area contributed by atoms with Gasteiger partial charge in [-0.2, -0.15) is 4.31 Å². The van der Waals surface area contributed by atoms with Crippen molar-refractivity contribution in [1.29, 1.82) is 0 Å². The molecule has 0 bridgehead atoms. The summed E-state index contributed by atoms with van der Waals surface area (Å²) in [6.45, 7) is 3.77. The standard InChI is InChI=1S/C16H21FN2O5S/c1-10(2)15(19-6-3-7-25(19,23)24)16(22)18-12-5-4-11(8-14(20)21)13(17)9-12/h4-5,9-10,15H,3,6-8H2,1-2H3,(H,18,22)(H,20,21). The Morgan fingerprint density at radius 1 is 1.36 bits per heavy atom. The number of anilines is 1. The predicted octanol–water partition coefficient (Wildman–Crippen LogP) is 1.45. The molecule has 1 aromatic rings. The van der Waals surface area contributed by atoms with E-state index in [1.807, 2.05) is 0 Å². The number of hydrogen-bond donors (Lipinski definition) is 2. The van der Waals surface area contributed by atoms with Crippen molar-refractivity contribution >= 4 is 27.6 Å². The maximum atomic E-state index is 13.9. The number of carbonyl (C=O) groups is 2. The highest BCUT2D eigenvalue weighted by Gasteiger charge is 2.39. The van der Waals surface area contributed by atoms with Crippen molar-refractivity contribution in [1.82, 2.24) is 4.31 Å². The van der Waals surface area contributed by atoms with E-state index in [1.54, 1.807) is 13.8 Å². The molecule has 1 unspecified atom stereocenters. The summed E-state index contributed by atoms with van der Waals surface area (Å²) in [5.74, 6) is -2.68. The molecule has 2 N–H and O–H groups in total. The Bertz CT molecular complexity index is 779. The van der Waals surface area contributed by atoms with E-state index in [0.717, 1.165) is 6.07 Å². The van der Waals surface area contributed by atoms with Gasteiger partial charge in [0.1, 0.15) is 11.9 Å². The first kappa shape index (κ1) is 19.3. The topological polar surface area (TPSA) is 104 Å². The fourth-order valence-corrected chi connectivity index (χ4v) is 4.71. The number of hydrogen-bond acceptors (Lipinski definition) is 4. The third-order valence-corrected chi connectivity index (χ3v) is 5.94. The number of amides is 1. The molecular weight excluding hydrogens is 351 g/mol. The highest BCUT2D eigenvalue weighted by atomic mass is 32.2. The van der Waals surface area contributed by atoms with Gasteiger partial charge in [0.15, 0.2) is 0 Å². The number of aliphatic carboxylic acids is 1. The average Bonchev–Trinajstić information content (AvgIpc) is 2.81. The van der Waals surface area contributed by atoms with E-state index in [1.165, 1.54) is 16.4 Å². The van der Waals surface area contributed by atoms with Crippen molar-refractivity contribution in [2.24, 2.45) is 5.92 Å². The van der Waals surface area contributed by atoms with E-state index in [-0.39, 0.29) is 29.5 Å². The van der Waals surface area contributed by atoms with Crippen molar-refractivity contribution in [3.05, 3.63) is 29.6 Å². The number of sulfonamides is 1. The SMILES string of the molecule is CC(C)C(C(=O)Nc1ccc(CC(=O)O)c(F)c1)N1CCCS1(=O)=O. The van der Waals surface area contributed by atoms with Crippen LogP contribution in [0.25, 0.3) is 0 Å². The first-order valence-corrected chi connectivity index (χ1v) is 9.53. The average molecular weight is 372 g/mol. The minimum absolute atomic E-state index is 0.00743. The first-order valence-electron chi connectivity index (χ1n) is 7.92. The van der Waals surface area contributed by atoms with E-state index in [0.29, 0.717) is 6.42 Å². The highest BCUT2D eigenvalue weighted by Crippen LogP contribution is 2.24. The van der Waals surface area contributed by atoms with Crippen LogP contribution in [0.1, 0.15) is 25.8 Å². The minimum atomic E-state index is -3.46. The third-order valence-electron chi connectivity index (χ3n) is 4.01. The van der Waals surface area contributed by atoms with Gasteiger partial charge < -0.3 is 10.4 Å². The molecule has 1 aliphatic heterocycles. The molecule has 0 aliphatic carbocycles. The molecule has 1 heterocycles. The second kappa shape index (κ2) is 7.49. The molecule has 25 heavy (non-hydrogen) atoms. The number of nitrogens with one attached hydrogen (secondary N) is 1. The molecule has 0 aromatic heterocycles. The zero-order valence-electron chi connectivity index (χ0n) is 14.0. The quantitative estimate of drug-likeness (QED) is 0.787. The van der Waals surface area contributed by atoms with Crippen LogP contribution >= 0.6 is 0 Å². The van der Waals surface area contributed by atoms with E-state index in [4.69, 9.17) is 5.11 Å². The molecule has 1 atom stereocenters. The Balaban J connectivity index is 2.19. The Morgan fingerprint density at radius 3 is 2.52 bits per heavy atom. The fraction of sp³-hybridized carbons (Fsp3) is 0.500. The molecule has 2 rings (SSSR count). The summed E-state index contributed by atoms with van der Waals surface area (Å²) in [6, 6.07) is 2.84. The molecule has 7 nitrogen and oxygen atoms in total. The number of nitrogens with zero attached hydrogens (tertiary/aromatic N) is 1. The van der Waals surface area contributed by atoms with Crippen LogP contribution < -0.4 is 5.32 Å². The summed E-state index contributed by atoms with van der Waals surface area (Å²) in [4.78, 5) is 23.2. The van der Waals surface area contributed by atoms with Crippen LogP contribution in [0.4, 0.5) is 10.1 Å². The number of halogens is 1. The van der Waals surface area contributed by atoms with Crippen molar-refractivity contribution in [3.63, 3.8) is 0 Å². The molecule has 1 fully saturated rings. The number of rotatable bonds is 6. The second-order valence-electron chi connectivity index (χ2n) is 6.34. The zero-order valence-corrected chi connectivity index (χ0v) is 14.8. The lowest BCUT2D eigenvalue weighted by atomic mass is 10.0. The summed E-state index contributed by atoms with van der Waals surface area (Å²) < 4.78 is 39.3. The highest BCUT2D eigenvalue weighted by molar-refractivity contribution is 7.89.